The Morgan fingerprint density at radius 3 is 2.90 bits per heavy atom. The van der Waals surface area contributed by atoms with Crippen LogP contribution in [0.4, 0.5) is 10.6 Å². The van der Waals surface area contributed by atoms with Gasteiger partial charge in [0.15, 0.2) is 5.82 Å². The normalized spacial score (nSPS) is 21.6. The van der Waals surface area contributed by atoms with Gasteiger partial charge >= 0.3 is 6.03 Å². The van der Waals surface area contributed by atoms with Crippen molar-refractivity contribution in [2.24, 2.45) is 11.7 Å². The number of carbonyl (C=O) groups excluding carboxylic acids is 2. The van der Waals surface area contributed by atoms with Gasteiger partial charge in [0.05, 0.1) is 0 Å². The quantitative estimate of drug-likeness (QED) is 0.607. The standard InChI is InChI=1S/C13H21N5O2S/c1-7-5-8(7)10-6-11(18-17-10)16-12(19)9(3-4-21-2)15-13(14)20/h6-9H,3-5H2,1-2H3,(H3,14,15,20)(H2,16,17,18,19). The van der Waals surface area contributed by atoms with E-state index in [1.165, 1.54) is 0 Å². The molecule has 1 aliphatic rings. The van der Waals surface area contributed by atoms with Crippen LogP contribution in [-0.4, -0.2) is 40.2 Å². The number of thioether (sulfide) groups is 1. The van der Waals surface area contributed by atoms with Gasteiger partial charge in [0.1, 0.15) is 6.04 Å². The Morgan fingerprint density at radius 2 is 2.33 bits per heavy atom. The molecule has 2 rings (SSSR count). The molecule has 1 aromatic rings. The van der Waals surface area contributed by atoms with Crippen molar-refractivity contribution < 1.29 is 9.59 Å². The molecule has 8 heteroatoms. The molecular formula is C13H21N5O2S. The van der Waals surface area contributed by atoms with Crippen LogP contribution < -0.4 is 16.4 Å². The maximum Gasteiger partial charge on any atom is 0.312 e. The molecule has 3 atom stereocenters. The predicted molar refractivity (Wildman–Crippen MR) is 83.2 cm³/mol. The summed E-state index contributed by atoms with van der Waals surface area (Å²) in [6.07, 6.45) is 3.61. The Hall–Kier alpha value is -1.70. The fourth-order valence-corrected chi connectivity index (χ4v) is 2.71. The summed E-state index contributed by atoms with van der Waals surface area (Å²) in [7, 11) is 0. The van der Waals surface area contributed by atoms with E-state index < -0.39 is 12.1 Å². The highest BCUT2D eigenvalue weighted by molar-refractivity contribution is 7.98. The number of nitrogens with one attached hydrogen (secondary N) is 3. The van der Waals surface area contributed by atoms with Crippen LogP contribution in [0.15, 0.2) is 6.07 Å². The molecule has 1 aromatic heterocycles. The SMILES string of the molecule is CSCCC(NC(N)=O)C(=O)Nc1cc(C2CC2C)[nH]n1. The highest BCUT2D eigenvalue weighted by Crippen LogP contribution is 2.46. The molecule has 116 valence electrons. The molecule has 0 radical (unpaired) electrons. The lowest BCUT2D eigenvalue weighted by molar-refractivity contribution is -0.118. The van der Waals surface area contributed by atoms with Gasteiger partial charge in [0.25, 0.3) is 0 Å². The Kier molecular flexibility index (Phi) is 5.11. The summed E-state index contributed by atoms with van der Waals surface area (Å²) in [5.41, 5.74) is 6.15. The summed E-state index contributed by atoms with van der Waals surface area (Å²) in [5.74, 6) is 2.11. The maximum absolute atomic E-state index is 12.2. The second kappa shape index (κ2) is 6.84. The first-order valence-electron chi connectivity index (χ1n) is 6.92. The number of aromatic nitrogens is 2. The first-order valence-corrected chi connectivity index (χ1v) is 8.31. The molecule has 1 aliphatic carbocycles. The molecule has 5 N–H and O–H groups in total. The van der Waals surface area contributed by atoms with Crippen LogP contribution in [0.5, 0.6) is 0 Å². The minimum Gasteiger partial charge on any atom is -0.352 e. The van der Waals surface area contributed by atoms with Crippen LogP contribution in [0.2, 0.25) is 0 Å². The summed E-state index contributed by atoms with van der Waals surface area (Å²) >= 11 is 1.60. The Morgan fingerprint density at radius 1 is 1.62 bits per heavy atom. The fourth-order valence-electron chi connectivity index (χ4n) is 2.24. The number of anilines is 1. The average Bonchev–Trinajstić information content (AvgIpc) is 2.97. The van der Waals surface area contributed by atoms with Crippen molar-refractivity contribution in [1.29, 1.82) is 0 Å². The number of nitrogens with zero attached hydrogens (tertiary/aromatic N) is 1. The van der Waals surface area contributed by atoms with Gasteiger partial charge in [-0.15, -0.1) is 0 Å². The number of carbonyl (C=O) groups is 2. The lowest BCUT2D eigenvalue weighted by Gasteiger charge is -2.15. The third kappa shape index (κ3) is 4.38. The maximum atomic E-state index is 12.2. The molecule has 21 heavy (non-hydrogen) atoms. The molecule has 1 saturated carbocycles. The molecule has 0 saturated heterocycles. The summed E-state index contributed by atoms with van der Waals surface area (Å²) < 4.78 is 0. The summed E-state index contributed by atoms with van der Waals surface area (Å²) in [6.45, 7) is 2.18. The number of urea groups is 1. The van der Waals surface area contributed by atoms with E-state index in [2.05, 4.69) is 27.8 Å². The van der Waals surface area contributed by atoms with E-state index in [0.717, 1.165) is 17.9 Å². The van der Waals surface area contributed by atoms with Crippen molar-refractivity contribution in [2.75, 3.05) is 17.3 Å². The van der Waals surface area contributed by atoms with Gasteiger partial charge in [0, 0.05) is 17.7 Å². The van der Waals surface area contributed by atoms with Crippen LogP contribution in [0.3, 0.4) is 0 Å². The van der Waals surface area contributed by atoms with E-state index in [1.54, 1.807) is 11.8 Å². The second-order valence-electron chi connectivity index (χ2n) is 5.36. The number of amides is 3. The van der Waals surface area contributed by atoms with Gasteiger partial charge in [-0.25, -0.2) is 4.79 Å². The number of rotatable bonds is 7. The van der Waals surface area contributed by atoms with Crippen LogP contribution in [0.1, 0.15) is 31.4 Å². The van der Waals surface area contributed by atoms with Crippen molar-refractivity contribution >= 4 is 29.5 Å². The highest BCUT2D eigenvalue weighted by Gasteiger charge is 2.35. The smallest absolute Gasteiger partial charge is 0.312 e. The molecular weight excluding hydrogens is 290 g/mol. The van der Waals surface area contributed by atoms with Gasteiger partial charge in [-0.2, -0.15) is 16.9 Å². The van der Waals surface area contributed by atoms with Gasteiger partial charge < -0.3 is 16.4 Å². The lowest BCUT2D eigenvalue weighted by Crippen LogP contribution is -2.46. The van der Waals surface area contributed by atoms with Crippen LogP contribution >= 0.6 is 11.8 Å². The van der Waals surface area contributed by atoms with E-state index in [-0.39, 0.29) is 5.91 Å². The van der Waals surface area contributed by atoms with Gasteiger partial charge in [-0.3, -0.25) is 9.89 Å². The molecule has 0 aliphatic heterocycles. The van der Waals surface area contributed by atoms with Crippen LogP contribution in [0.25, 0.3) is 0 Å². The Bertz CT molecular complexity index is 518. The Labute approximate surface area is 127 Å². The van der Waals surface area contributed by atoms with E-state index in [0.29, 0.717) is 24.1 Å². The summed E-state index contributed by atoms with van der Waals surface area (Å²) in [5, 5.41) is 12.2. The largest absolute Gasteiger partial charge is 0.352 e. The van der Waals surface area contributed by atoms with Crippen molar-refractivity contribution in [1.82, 2.24) is 15.5 Å². The van der Waals surface area contributed by atoms with Crippen molar-refractivity contribution in [3.05, 3.63) is 11.8 Å². The second-order valence-corrected chi connectivity index (χ2v) is 6.35. The van der Waals surface area contributed by atoms with Gasteiger partial charge in [-0.1, -0.05) is 6.92 Å². The first kappa shape index (κ1) is 15.7. The number of H-pyrrole nitrogens is 1. The molecule has 0 bridgehead atoms. The number of hydrogen-bond donors (Lipinski definition) is 4. The number of hydrogen-bond acceptors (Lipinski definition) is 4. The van der Waals surface area contributed by atoms with Crippen molar-refractivity contribution in [3.63, 3.8) is 0 Å². The summed E-state index contributed by atoms with van der Waals surface area (Å²) in [6, 6.07) is 0.503. The van der Waals surface area contributed by atoms with Crippen molar-refractivity contribution in [3.8, 4) is 0 Å². The third-order valence-electron chi connectivity index (χ3n) is 3.60. The monoisotopic (exact) mass is 311 g/mol. The highest BCUT2D eigenvalue weighted by atomic mass is 32.2. The van der Waals surface area contributed by atoms with E-state index in [9.17, 15) is 9.59 Å². The molecule has 0 spiro atoms. The van der Waals surface area contributed by atoms with E-state index >= 15 is 0 Å². The zero-order chi connectivity index (χ0) is 15.4. The molecule has 1 heterocycles. The average molecular weight is 311 g/mol. The van der Waals surface area contributed by atoms with Crippen LogP contribution in [0, 0.1) is 5.92 Å². The Balaban J connectivity index is 1.93. The van der Waals surface area contributed by atoms with Gasteiger partial charge in [-0.05, 0) is 30.8 Å². The third-order valence-corrected chi connectivity index (χ3v) is 4.25. The van der Waals surface area contributed by atoms with E-state index in [1.807, 2.05) is 12.3 Å². The zero-order valence-electron chi connectivity index (χ0n) is 12.2. The molecule has 7 nitrogen and oxygen atoms in total. The first-order chi connectivity index (χ1) is 10.0. The minimum atomic E-state index is -0.703. The predicted octanol–water partition coefficient (Wildman–Crippen LogP) is 1.26. The number of aromatic amines is 1. The fraction of sp³-hybridized carbons (Fsp3) is 0.615. The topological polar surface area (TPSA) is 113 Å². The zero-order valence-corrected chi connectivity index (χ0v) is 13.0. The molecule has 1 fully saturated rings. The summed E-state index contributed by atoms with van der Waals surface area (Å²) in [4.78, 5) is 23.1. The molecule has 3 unspecified atom stereocenters. The molecule has 3 amide bonds. The van der Waals surface area contributed by atoms with Crippen molar-refractivity contribution in [2.45, 2.75) is 31.7 Å². The lowest BCUT2D eigenvalue weighted by atomic mass is 10.2. The molecule has 0 aromatic carbocycles. The number of nitrogens with two attached hydrogens (primary N) is 1. The minimum absolute atomic E-state index is 0.301. The van der Waals surface area contributed by atoms with Crippen LogP contribution in [-0.2, 0) is 4.79 Å². The number of primary amides is 1. The van der Waals surface area contributed by atoms with E-state index in [4.69, 9.17) is 5.73 Å². The van der Waals surface area contributed by atoms with Gasteiger partial charge in [0.2, 0.25) is 5.91 Å².